The van der Waals surface area contributed by atoms with E-state index in [2.05, 4.69) is 21.3 Å². The quantitative estimate of drug-likeness (QED) is 0.784. The van der Waals surface area contributed by atoms with Gasteiger partial charge in [0.1, 0.15) is 5.15 Å². The van der Waals surface area contributed by atoms with E-state index >= 15 is 0 Å². The van der Waals surface area contributed by atoms with Crippen molar-refractivity contribution in [1.29, 1.82) is 0 Å². The minimum atomic E-state index is 0.567. The summed E-state index contributed by atoms with van der Waals surface area (Å²) in [4.78, 5) is 6.72. The summed E-state index contributed by atoms with van der Waals surface area (Å²) >= 11 is 6.09. The maximum atomic E-state index is 6.09. The van der Waals surface area contributed by atoms with E-state index in [1.165, 1.54) is 11.1 Å². The Morgan fingerprint density at radius 2 is 1.94 bits per heavy atom. The molecule has 0 spiro atoms. The predicted molar refractivity (Wildman–Crippen MR) is 71.8 cm³/mol. The Morgan fingerprint density at radius 3 is 2.76 bits per heavy atom. The molecule has 0 saturated carbocycles. The standard InChI is InChI=1S/C13H14ClN3/c14-13-9-12(17-7-5-15-6-8-17)10-3-1-2-4-11(10)16-13/h1-4,9,15H,5-8H2. The van der Waals surface area contributed by atoms with Crippen LogP contribution in [0, 0.1) is 0 Å². The number of fused-ring (bicyclic) bond motifs is 1. The summed E-state index contributed by atoms with van der Waals surface area (Å²) in [5.41, 5.74) is 2.16. The van der Waals surface area contributed by atoms with E-state index in [4.69, 9.17) is 11.6 Å². The first kappa shape index (κ1) is 10.8. The van der Waals surface area contributed by atoms with Gasteiger partial charge in [0.2, 0.25) is 0 Å². The average Bonchev–Trinajstić information content (AvgIpc) is 2.39. The van der Waals surface area contributed by atoms with Gasteiger partial charge in [-0.1, -0.05) is 29.8 Å². The summed E-state index contributed by atoms with van der Waals surface area (Å²) in [6.07, 6.45) is 0. The van der Waals surface area contributed by atoms with E-state index < -0.39 is 0 Å². The van der Waals surface area contributed by atoms with Gasteiger partial charge in [-0.2, -0.15) is 0 Å². The van der Waals surface area contributed by atoms with Crippen LogP contribution in [0.25, 0.3) is 10.9 Å². The number of hydrogen-bond acceptors (Lipinski definition) is 3. The maximum absolute atomic E-state index is 6.09. The normalized spacial score (nSPS) is 16.4. The molecule has 17 heavy (non-hydrogen) atoms. The van der Waals surface area contributed by atoms with Crippen molar-refractivity contribution in [2.24, 2.45) is 0 Å². The monoisotopic (exact) mass is 247 g/mol. The highest BCUT2D eigenvalue weighted by Gasteiger charge is 2.14. The Labute approximate surface area is 105 Å². The van der Waals surface area contributed by atoms with Crippen molar-refractivity contribution in [1.82, 2.24) is 10.3 Å². The molecule has 2 aromatic rings. The van der Waals surface area contributed by atoms with Crippen molar-refractivity contribution in [3.63, 3.8) is 0 Å². The van der Waals surface area contributed by atoms with Gasteiger partial charge >= 0.3 is 0 Å². The van der Waals surface area contributed by atoms with Crippen molar-refractivity contribution in [3.05, 3.63) is 35.5 Å². The molecule has 0 aliphatic carbocycles. The number of para-hydroxylation sites is 1. The summed E-state index contributed by atoms with van der Waals surface area (Å²) in [5.74, 6) is 0. The van der Waals surface area contributed by atoms with Gasteiger partial charge in [0.25, 0.3) is 0 Å². The third-order valence-corrected chi connectivity index (χ3v) is 3.31. The predicted octanol–water partition coefficient (Wildman–Crippen LogP) is 2.30. The number of piperazine rings is 1. The van der Waals surface area contributed by atoms with Gasteiger partial charge in [-0.25, -0.2) is 4.98 Å². The molecule has 1 fully saturated rings. The highest BCUT2D eigenvalue weighted by Crippen LogP contribution is 2.28. The molecule has 0 radical (unpaired) electrons. The fourth-order valence-electron chi connectivity index (χ4n) is 2.29. The van der Waals surface area contributed by atoms with Gasteiger partial charge in [-0.15, -0.1) is 0 Å². The Balaban J connectivity index is 2.13. The van der Waals surface area contributed by atoms with Crippen molar-refractivity contribution >= 4 is 28.2 Å². The van der Waals surface area contributed by atoms with Gasteiger partial charge in [0.05, 0.1) is 5.52 Å². The lowest BCUT2D eigenvalue weighted by Crippen LogP contribution is -2.43. The van der Waals surface area contributed by atoms with Crippen LogP contribution in [0.4, 0.5) is 5.69 Å². The van der Waals surface area contributed by atoms with Crippen LogP contribution in [-0.4, -0.2) is 31.2 Å². The van der Waals surface area contributed by atoms with E-state index in [1.807, 2.05) is 24.3 Å². The maximum Gasteiger partial charge on any atom is 0.131 e. The zero-order valence-electron chi connectivity index (χ0n) is 9.49. The minimum absolute atomic E-state index is 0.567. The molecule has 1 aromatic carbocycles. The molecule has 0 amide bonds. The second-order valence-corrected chi connectivity index (χ2v) is 4.61. The largest absolute Gasteiger partial charge is 0.368 e. The third-order valence-electron chi connectivity index (χ3n) is 3.12. The molecule has 1 aliphatic rings. The number of benzene rings is 1. The minimum Gasteiger partial charge on any atom is -0.368 e. The number of rotatable bonds is 1. The summed E-state index contributed by atoms with van der Waals surface area (Å²) in [5, 5.41) is 5.10. The Kier molecular flexibility index (Phi) is 2.87. The lowest BCUT2D eigenvalue weighted by Gasteiger charge is -2.30. The Hall–Kier alpha value is -1.32. The van der Waals surface area contributed by atoms with Gasteiger partial charge in [-0.3, -0.25) is 0 Å². The Bertz CT molecular complexity index is 535. The zero-order chi connectivity index (χ0) is 11.7. The summed E-state index contributed by atoms with van der Waals surface area (Å²) in [6, 6.07) is 10.1. The molecule has 0 atom stereocenters. The summed E-state index contributed by atoms with van der Waals surface area (Å²) in [7, 11) is 0. The molecular weight excluding hydrogens is 234 g/mol. The highest BCUT2D eigenvalue weighted by molar-refractivity contribution is 6.30. The molecule has 3 rings (SSSR count). The molecule has 0 unspecified atom stereocenters. The van der Waals surface area contributed by atoms with Crippen LogP contribution in [0.1, 0.15) is 0 Å². The van der Waals surface area contributed by atoms with Crippen LogP contribution in [0.3, 0.4) is 0 Å². The second-order valence-electron chi connectivity index (χ2n) is 4.22. The molecule has 1 saturated heterocycles. The van der Waals surface area contributed by atoms with E-state index in [0.29, 0.717) is 5.15 Å². The van der Waals surface area contributed by atoms with E-state index in [9.17, 15) is 0 Å². The molecule has 1 aliphatic heterocycles. The number of anilines is 1. The van der Waals surface area contributed by atoms with Gasteiger partial charge < -0.3 is 10.2 Å². The number of nitrogens with zero attached hydrogens (tertiary/aromatic N) is 2. The first-order chi connectivity index (χ1) is 8.34. The van der Waals surface area contributed by atoms with Crippen LogP contribution in [0.5, 0.6) is 0 Å². The number of pyridine rings is 1. The molecule has 4 heteroatoms. The number of halogens is 1. The van der Waals surface area contributed by atoms with Crippen LogP contribution in [0.2, 0.25) is 5.15 Å². The van der Waals surface area contributed by atoms with Crippen LogP contribution < -0.4 is 10.2 Å². The van der Waals surface area contributed by atoms with Gasteiger partial charge in [-0.05, 0) is 12.1 Å². The molecular formula is C13H14ClN3. The molecule has 3 nitrogen and oxygen atoms in total. The van der Waals surface area contributed by atoms with Crippen molar-refractivity contribution in [3.8, 4) is 0 Å². The third kappa shape index (κ3) is 2.08. The number of hydrogen-bond donors (Lipinski definition) is 1. The number of aromatic nitrogens is 1. The molecule has 88 valence electrons. The second kappa shape index (κ2) is 4.51. The van der Waals surface area contributed by atoms with Crippen molar-refractivity contribution in [2.45, 2.75) is 0 Å². The van der Waals surface area contributed by atoms with E-state index in [-0.39, 0.29) is 0 Å². The van der Waals surface area contributed by atoms with Crippen molar-refractivity contribution in [2.75, 3.05) is 31.1 Å². The first-order valence-corrected chi connectivity index (χ1v) is 6.23. The van der Waals surface area contributed by atoms with Crippen LogP contribution >= 0.6 is 11.6 Å². The molecule has 1 N–H and O–H groups in total. The first-order valence-electron chi connectivity index (χ1n) is 5.85. The lowest BCUT2D eigenvalue weighted by atomic mass is 10.1. The highest BCUT2D eigenvalue weighted by atomic mass is 35.5. The zero-order valence-corrected chi connectivity index (χ0v) is 10.2. The van der Waals surface area contributed by atoms with E-state index in [1.54, 1.807) is 0 Å². The lowest BCUT2D eigenvalue weighted by molar-refractivity contribution is 0.590. The smallest absolute Gasteiger partial charge is 0.131 e. The van der Waals surface area contributed by atoms with E-state index in [0.717, 1.165) is 31.7 Å². The summed E-state index contributed by atoms with van der Waals surface area (Å²) in [6.45, 7) is 4.08. The molecule has 2 heterocycles. The molecule has 1 aromatic heterocycles. The fourth-order valence-corrected chi connectivity index (χ4v) is 2.49. The van der Waals surface area contributed by atoms with Crippen LogP contribution in [-0.2, 0) is 0 Å². The average molecular weight is 248 g/mol. The fraction of sp³-hybridized carbons (Fsp3) is 0.308. The molecule has 0 bridgehead atoms. The van der Waals surface area contributed by atoms with Crippen molar-refractivity contribution < 1.29 is 0 Å². The summed E-state index contributed by atoms with van der Waals surface area (Å²) < 4.78 is 0. The SMILES string of the molecule is Clc1cc(N2CCNCC2)c2ccccc2n1. The topological polar surface area (TPSA) is 28.2 Å². The Morgan fingerprint density at radius 1 is 1.18 bits per heavy atom. The van der Waals surface area contributed by atoms with Gasteiger partial charge in [0, 0.05) is 37.3 Å². The number of nitrogens with one attached hydrogen (secondary N) is 1. The van der Waals surface area contributed by atoms with Gasteiger partial charge in [0.15, 0.2) is 0 Å². The van der Waals surface area contributed by atoms with Crippen LogP contribution in [0.15, 0.2) is 30.3 Å².